The van der Waals surface area contributed by atoms with Crippen LogP contribution >= 0.6 is 0 Å². The summed E-state index contributed by atoms with van der Waals surface area (Å²) >= 11 is 0. The molecule has 0 aliphatic rings. The smallest absolute Gasteiger partial charge is 0.315 e. The molecule has 0 spiro atoms. The van der Waals surface area contributed by atoms with Gasteiger partial charge in [0.05, 0.1) is 12.5 Å². The summed E-state index contributed by atoms with van der Waals surface area (Å²) in [6.45, 7) is 1.97. The van der Waals surface area contributed by atoms with Crippen LogP contribution in [0.2, 0.25) is 0 Å². The summed E-state index contributed by atoms with van der Waals surface area (Å²) in [5.74, 6) is -1.15. The topological polar surface area (TPSA) is 117 Å². The average Bonchev–Trinajstić information content (AvgIpc) is 2.79. The van der Waals surface area contributed by atoms with Crippen molar-refractivity contribution in [3.05, 3.63) is 12.2 Å². The minimum atomic E-state index is -0.925. The second kappa shape index (κ2) is 6.46. The number of carboxylic acids is 1. The minimum absolute atomic E-state index is 0.0872. The molecule has 0 aliphatic carbocycles. The number of hydrogen-bond donors (Lipinski definition) is 3. The molecule has 1 heterocycles. The molecule has 3 N–H and O–H groups in total. The maximum absolute atomic E-state index is 11.3. The largest absolute Gasteiger partial charge is 0.481 e. The Kier molecular flexibility index (Phi) is 4.92. The van der Waals surface area contributed by atoms with Crippen molar-refractivity contribution < 1.29 is 19.2 Å². The maximum atomic E-state index is 11.3. The van der Waals surface area contributed by atoms with Crippen molar-refractivity contribution >= 4 is 12.0 Å². The van der Waals surface area contributed by atoms with Gasteiger partial charge in [-0.05, 0) is 6.42 Å². The van der Waals surface area contributed by atoms with E-state index in [0.29, 0.717) is 12.2 Å². The lowest BCUT2D eigenvalue weighted by Gasteiger charge is -2.11. The SMILES string of the molecule is CCC(CNC(=O)NCc1ncon1)C(=O)O. The van der Waals surface area contributed by atoms with E-state index in [1.807, 2.05) is 0 Å². The highest BCUT2D eigenvalue weighted by molar-refractivity contribution is 5.75. The van der Waals surface area contributed by atoms with Gasteiger partial charge in [-0.1, -0.05) is 12.1 Å². The minimum Gasteiger partial charge on any atom is -0.481 e. The van der Waals surface area contributed by atoms with E-state index >= 15 is 0 Å². The van der Waals surface area contributed by atoms with E-state index in [0.717, 1.165) is 6.39 Å². The molecule has 2 amide bonds. The quantitative estimate of drug-likeness (QED) is 0.645. The summed E-state index contributed by atoms with van der Waals surface area (Å²) in [5.41, 5.74) is 0. The van der Waals surface area contributed by atoms with E-state index < -0.39 is 17.9 Å². The first kappa shape index (κ1) is 12.9. The van der Waals surface area contributed by atoms with E-state index in [2.05, 4.69) is 25.3 Å². The molecule has 8 heteroatoms. The van der Waals surface area contributed by atoms with Crippen molar-refractivity contribution in [2.24, 2.45) is 5.92 Å². The third kappa shape index (κ3) is 4.49. The highest BCUT2D eigenvalue weighted by atomic mass is 16.5. The second-order valence-electron chi connectivity index (χ2n) is 3.35. The fourth-order valence-electron chi connectivity index (χ4n) is 1.11. The van der Waals surface area contributed by atoms with Gasteiger partial charge in [0.15, 0.2) is 5.82 Å². The van der Waals surface area contributed by atoms with Crippen LogP contribution in [-0.2, 0) is 11.3 Å². The molecule has 0 fully saturated rings. The summed E-state index contributed by atoms with van der Waals surface area (Å²) in [4.78, 5) is 25.7. The van der Waals surface area contributed by atoms with Crippen molar-refractivity contribution in [2.75, 3.05) is 6.54 Å². The summed E-state index contributed by atoms with van der Waals surface area (Å²) in [6.07, 6.45) is 1.62. The van der Waals surface area contributed by atoms with Gasteiger partial charge in [-0.25, -0.2) is 4.79 Å². The number of nitrogens with zero attached hydrogens (tertiary/aromatic N) is 2. The molecule has 0 bridgehead atoms. The van der Waals surface area contributed by atoms with Crippen molar-refractivity contribution in [3.63, 3.8) is 0 Å². The predicted molar refractivity (Wildman–Crippen MR) is 56.0 cm³/mol. The van der Waals surface area contributed by atoms with Crippen molar-refractivity contribution in [3.8, 4) is 0 Å². The number of aromatic nitrogens is 2. The van der Waals surface area contributed by atoms with Gasteiger partial charge < -0.3 is 20.3 Å². The molecule has 1 rings (SSSR count). The van der Waals surface area contributed by atoms with Crippen LogP contribution in [0.1, 0.15) is 19.2 Å². The lowest BCUT2D eigenvalue weighted by atomic mass is 10.1. The van der Waals surface area contributed by atoms with Crippen molar-refractivity contribution in [1.82, 2.24) is 20.8 Å². The van der Waals surface area contributed by atoms with Crippen LogP contribution < -0.4 is 10.6 Å². The fraction of sp³-hybridized carbons (Fsp3) is 0.556. The van der Waals surface area contributed by atoms with Gasteiger partial charge in [-0.15, -0.1) is 0 Å². The first-order valence-electron chi connectivity index (χ1n) is 5.13. The molecule has 94 valence electrons. The highest BCUT2D eigenvalue weighted by Gasteiger charge is 2.15. The molecule has 0 radical (unpaired) electrons. The highest BCUT2D eigenvalue weighted by Crippen LogP contribution is 1.99. The normalized spacial score (nSPS) is 11.8. The zero-order chi connectivity index (χ0) is 12.7. The number of aliphatic carboxylic acids is 1. The summed E-state index contributed by atoms with van der Waals surface area (Å²) in [7, 11) is 0. The Hall–Kier alpha value is -2.12. The van der Waals surface area contributed by atoms with Crippen LogP contribution in [-0.4, -0.2) is 33.8 Å². The van der Waals surface area contributed by atoms with E-state index in [9.17, 15) is 9.59 Å². The van der Waals surface area contributed by atoms with Gasteiger partial charge in [0, 0.05) is 6.54 Å². The van der Waals surface area contributed by atoms with Crippen LogP contribution in [0.3, 0.4) is 0 Å². The molecule has 1 aromatic heterocycles. The van der Waals surface area contributed by atoms with Crippen LogP contribution in [0.25, 0.3) is 0 Å². The van der Waals surface area contributed by atoms with E-state index in [4.69, 9.17) is 5.11 Å². The number of urea groups is 1. The number of carboxylic acid groups (broad SMARTS) is 1. The Labute approximate surface area is 97.4 Å². The van der Waals surface area contributed by atoms with Crippen LogP contribution in [0.4, 0.5) is 4.79 Å². The van der Waals surface area contributed by atoms with Gasteiger partial charge in [0.1, 0.15) is 0 Å². The van der Waals surface area contributed by atoms with Crippen molar-refractivity contribution in [2.45, 2.75) is 19.9 Å². The molecule has 0 aliphatic heterocycles. The van der Waals surface area contributed by atoms with Crippen molar-refractivity contribution in [1.29, 1.82) is 0 Å². The molecule has 0 aromatic carbocycles. The fourth-order valence-corrected chi connectivity index (χ4v) is 1.11. The molecular formula is C9H14N4O4. The summed E-state index contributed by atoms with van der Waals surface area (Å²) in [6, 6.07) is -0.463. The average molecular weight is 242 g/mol. The first-order valence-corrected chi connectivity index (χ1v) is 5.13. The Morgan fingerprint density at radius 3 is 2.82 bits per heavy atom. The maximum Gasteiger partial charge on any atom is 0.315 e. The number of hydrogen-bond acceptors (Lipinski definition) is 5. The first-order chi connectivity index (χ1) is 8.13. The summed E-state index contributed by atoms with van der Waals surface area (Å²) in [5, 5.41) is 17.2. The molecule has 1 unspecified atom stereocenters. The van der Waals surface area contributed by atoms with Gasteiger partial charge in [0.25, 0.3) is 0 Å². The molecule has 17 heavy (non-hydrogen) atoms. The van der Waals surface area contributed by atoms with E-state index in [1.165, 1.54) is 0 Å². The van der Waals surface area contributed by atoms with Crippen LogP contribution in [0.5, 0.6) is 0 Å². The third-order valence-electron chi connectivity index (χ3n) is 2.17. The Morgan fingerprint density at radius 2 is 2.29 bits per heavy atom. The number of carbonyl (C=O) groups is 2. The van der Waals surface area contributed by atoms with Crippen LogP contribution in [0, 0.1) is 5.92 Å². The molecule has 1 atom stereocenters. The van der Waals surface area contributed by atoms with Gasteiger partial charge in [-0.2, -0.15) is 4.98 Å². The van der Waals surface area contributed by atoms with Gasteiger partial charge in [-0.3, -0.25) is 4.79 Å². The molecule has 8 nitrogen and oxygen atoms in total. The molecule has 0 saturated heterocycles. The molecule has 0 saturated carbocycles. The Bertz CT molecular complexity index is 365. The second-order valence-corrected chi connectivity index (χ2v) is 3.35. The standard InChI is InChI=1S/C9H14N4O4/c1-2-6(8(14)15)3-10-9(16)11-4-7-12-5-17-13-7/h5-6H,2-4H2,1H3,(H,14,15)(H2,10,11,16). The van der Waals surface area contributed by atoms with E-state index in [-0.39, 0.29) is 13.1 Å². The number of carbonyl (C=O) groups excluding carboxylic acids is 1. The lowest BCUT2D eigenvalue weighted by molar-refractivity contribution is -0.141. The number of rotatable bonds is 6. The third-order valence-corrected chi connectivity index (χ3v) is 2.17. The van der Waals surface area contributed by atoms with E-state index in [1.54, 1.807) is 6.92 Å². The lowest BCUT2D eigenvalue weighted by Crippen LogP contribution is -2.39. The Morgan fingerprint density at radius 1 is 1.53 bits per heavy atom. The Balaban J connectivity index is 2.23. The predicted octanol–water partition coefficient (Wildman–Crippen LogP) is -0.0204. The zero-order valence-electron chi connectivity index (χ0n) is 9.34. The van der Waals surface area contributed by atoms with Gasteiger partial charge in [0.2, 0.25) is 6.39 Å². The summed E-state index contributed by atoms with van der Waals surface area (Å²) < 4.78 is 4.48. The molecular weight excluding hydrogens is 228 g/mol. The van der Waals surface area contributed by atoms with Crippen LogP contribution in [0.15, 0.2) is 10.9 Å². The zero-order valence-corrected chi connectivity index (χ0v) is 9.34. The molecule has 1 aromatic rings. The van der Waals surface area contributed by atoms with Gasteiger partial charge >= 0.3 is 12.0 Å². The monoisotopic (exact) mass is 242 g/mol. The number of amides is 2. The number of nitrogens with one attached hydrogen (secondary N) is 2.